The van der Waals surface area contributed by atoms with Gasteiger partial charge in [-0.15, -0.1) is 0 Å². The zero-order valence-corrected chi connectivity index (χ0v) is 31.1. The molecule has 24 heteroatoms. The number of anilines is 1. The van der Waals surface area contributed by atoms with E-state index in [1.54, 1.807) is 12.1 Å². The lowest BCUT2D eigenvalue weighted by Gasteiger charge is -2.29. The number of nitrogen functional groups attached to an aromatic ring is 1. The third kappa shape index (κ3) is 11.8. The maximum atomic E-state index is 13.3. The van der Waals surface area contributed by atoms with E-state index in [9.17, 15) is 43.0 Å². The van der Waals surface area contributed by atoms with Crippen LogP contribution in [0, 0.1) is 5.41 Å². The van der Waals surface area contributed by atoms with Crippen molar-refractivity contribution in [2.75, 3.05) is 43.5 Å². The van der Waals surface area contributed by atoms with Crippen molar-refractivity contribution < 1.29 is 62.0 Å². The first-order valence-electron chi connectivity index (χ1n) is 16.0. The van der Waals surface area contributed by atoms with Crippen LogP contribution in [0.1, 0.15) is 37.3 Å². The average Bonchev–Trinajstić information content (AvgIpc) is 3.64. The minimum absolute atomic E-state index is 0.0850. The molecule has 4 rings (SSSR count). The van der Waals surface area contributed by atoms with Crippen LogP contribution in [0.2, 0.25) is 0 Å². The Morgan fingerprint density at radius 3 is 2.58 bits per heavy atom. The molecule has 0 radical (unpaired) electrons. The predicted octanol–water partition coefficient (Wildman–Crippen LogP) is -1.75. The number of sulfonamides is 1. The number of fused-ring (bicyclic) bond motifs is 1. The van der Waals surface area contributed by atoms with Crippen LogP contribution in [0.5, 0.6) is 5.75 Å². The van der Waals surface area contributed by atoms with E-state index in [0.717, 1.165) is 0 Å². The van der Waals surface area contributed by atoms with Crippen LogP contribution in [0.15, 0.2) is 36.9 Å². The molecule has 0 spiro atoms. The standard InChI is InChI=1S/C29H43N8O13PS2/c1-29(2,13-49-51(44,45)46)24(42)27(43)32-7-6-20(39)31-8-9-52-19(16-4-3-5-17(38)10-16)12-53(47,48)36-11-18-22(40)23(41)28(50-18)37-15-35-21-25(30)33-14-34-26(21)37/h3-5,10,14-15,18-19,22-24,28,36,38,40-42H,6-9,11-13H2,1-2H3,(H,31,39)(H,32,43)(H2,30,33,34)(H2,44,45,46)/t18-,19+,22-,23-,24+,28-/m1/s1. The van der Waals surface area contributed by atoms with E-state index < -0.39 is 83.3 Å². The number of carbonyl (C=O) groups excluding carboxylic acids is 2. The smallest absolute Gasteiger partial charge is 0.469 e. The molecule has 1 saturated heterocycles. The quantitative estimate of drug-likeness (QED) is 0.0474. The normalized spacial score (nSPS) is 20.7. The maximum absolute atomic E-state index is 13.3. The largest absolute Gasteiger partial charge is 0.508 e. The highest BCUT2D eigenvalue weighted by Crippen LogP contribution is 2.39. The van der Waals surface area contributed by atoms with Crippen LogP contribution in [0.3, 0.4) is 0 Å². The fourth-order valence-electron chi connectivity index (χ4n) is 5.18. The van der Waals surface area contributed by atoms with Crippen LogP contribution in [-0.4, -0.2) is 132 Å². The third-order valence-electron chi connectivity index (χ3n) is 8.10. The van der Waals surface area contributed by atoms with Crippen molar-refractivity contribution >= 4 is 58.4 Å². The summed E-state index contributed by atoms with van der Waals surface area (Å²) in [6, 6.07) is 6.04. The summed E-state index contributed by atoms with van der Waals surface area (Å²) < 4.78 is 51.5. The highest BCUT2D eigenvalue weighted by atomic mass is 32.2. The second-order valence-corrected chi connectivity index (χ2v) is 17.2. The molecule has 3 heterocycles. The highest BCUT2D eigenvalue weighted by molar-refractivity contribution is 8.00. The number of ether oxygens (including phenoxy) is 1. The number of aromatic hydroxyl groups is 1. The summed E-state index contributed by atoms with van der Waals surface area (Å²) in [4.78, 5) is 54.5. The van der Waals surface area contributed by atoms with Gasteiger partial charge in [-0.25, -0.2) is 32.7 Å². The lowest BCUT2D eigenvalue weighted by atomic mass is 9.87. The maximum Gasteiger partial charge on any atom is 0.469 e. The molecule has 6 atom stereocenters. The van der Waals surface area contributed by atoms with Gasteiger partial charge < -0.3 is 51.3 Å². The Kier molecular flexibility index (Phi) is 14.2. The molecule has 0 aliphatic carbocycles. The molecule has 0 saturated carbocycles. The van der Waals surface area contributed by atoms with Crippen molar-refractivity contribution in [2.24, 2.45) is 5.41 Å². The average molecular weight is 807 g/mol. The molecule has 1 aromatic carbocycles. The number of nitrogens with zero attached hydrogens (tertiary/aromatic N) is 4. The number of phenols is 1. The second kappa shape index (κ2) is 17.8. The highest BCUT2D eigenvalue weighted by Gasteiger charge is 2.45. The molecule has 1 aliphatic heterocycles. The first-order valence-corrected chi connectivity index (χ1v) is 20.3. The number of imidazole rings is 1. The van der Waals surface area contributed by atoms with Crippen molar-refractivity contribution in [1.82, 2.24) is 34.9 Å². The van der Waals surface area contributed by atoms with Gasteiger partial charge in [-0.2, -0.15) is 11.8 Å². The zero-order valence-electron chi connectivity index (χ0n) is 28.5. The number of phenolic OH excluding ortho intramolecular Hbond substituents is 1. The van der Waals surface area contributed by atoms with E-state index in [1.807, 2.05) is 0 Å². The topological polar surface area (TPSA) is 331 Å². The molecule has 2 amide bonds. The fraction of sp³-hybridized carbons (Fsp3) is 0.552. The molecule has 21 nitrogen and oxygen atoms in total. The predicted molar refractivity (Wildman–Crippen MR) is 189 cm³/mol. The second-order valence-electron chi connectivity index (χ2n) is 12.8. The molecular weight excluding hydrogens is 763 g/mol. The minimum atomic E-state index is -4.81. The number of amides is 2. The van der Waals surface area contributed by atoms with Crippen LogP contribution < -0.4 is 21.1 Å². The molecule has 1 aliphatic rings. The number of nitrogens with one attached hydrogen (secondary N) is 3. The van der Waals surface area contributed by atoms with Gasteiger partial charge >= 0.3 is 7.82 Å². The van der Waals surface area contributed by atoms with Crippen LogP contribution >= 0.6 is 19.6 Å². The fourth-order valence-corrected chi connectivity index (χ4v) is 8.57. The molecule has 0 bridgehead atoms. The lowest BCUT2D eigenvalue weighted by molar-refractivity contribution is -0.137. The molecule has 294 valence electrons. The van der Waals surface area contributed by atoms with E-state index in [-0.39, 0.29) is 54.5 Å². The van der Waals surface area contributed by atoms with Gasteiger partial charge in [-0.1, -0.05) is 26.0 Å². The summed E-state index contributed by atoms with van der Waals surface area (Å²) in [7, 11) is -8.87. The Balaban J connectivity index is 1.26. The molecule has 11 N–H and O–H groups in total. The third-order valence-corrected chi connectivity index (χ3v) is 11.4. The van der Waals surface area contributed by atoms with E-state index in [1.165, 1.54) is 55.0 Å². The summed E-state index contributed by atoms with van der Waals surface area (Å²) in [5.41, 5.74) is 5.47. The number of hydrogen-bond donors (Lipinski definition) is 10. The van der Waals surface area contributed by atoms with E-state index in [4.69, 9.17) is 20.3 Å². The van der Waals surface area contributed by atoms with E-state index >= 15 is 0 Å². The zero-order chi connectivity index (χ0) is 39.1. The Labute approximate surface area is 308 Å². The summed E-state index contributed by atoms with van der Waals surface area (Å²) in [5.74, 6) is -1.53. The van der Waals surface area contributed by atoms with Crippen LogP contribution in [-0.2, 0) is 33.4 Å². The molecule has 1 fully saturated rings. The number of aliphatic hydroxyl groups excluding tert-OH is 3. The Morgan fingerprint density at radius 1 is 1.15 bits per heavy atom. The monoisotopic (exact) mass is 806 g/mol. The van der Waals surface area contributed by atoms with Crippen molar-refractivity contribution in [3.8, 4) is 5.75 Å². The van der Waals surface area contributed by atoms with Gasteiger partial charge in [-0.05, 0) is 17.7 Å². The number of phosphoric acid groups is 1. The SMILES string of the molecule is CC(C)(COP(=O)(O)O)[C@@H](O)C(=O)NCCC(=O)NCCS[C@@H](CS(=O)(=O)NC[C@H]1O[C@@H](n2cnc3c(N)ncnc32)[C@H](O)[C@@H]1O)c1cccc(O)c1. The number of thioether (sulfide) groups is 1. The summed E-state index contributed by atoms with van der Waals surface area (Å²) in [6.07, 6.45) is -4.57. The first kappa shape index (κ1) is 42.3. The number of hydrogen-bond acceptors (Lipinski definition) is 16. The van der Waals surface area contributed by atoms with Gasteiger partial charge in [0, 0.05) is 42.5 Å². The summed E-state index contributed by atoms with van der Waals surface area (Å²) in [5, 5.41) is 46.0. The van der Waals surface area contributed by atoms with Crippen molar-refractivity contribution in [3.63, 3.8) is 0 Å². The Hall–Kier alpha value is -3.48. The van der Waals surface area contributed by atoms with Crippen molar-refractivity contribution in [2.45, 2.75) is 56.2 Å². The Morgan fingerprint density at radius 2 is 1.89 bits per heavy atom. The lowest BCUT2D eigenvalue weighted by Crippen LogP contribution is -2.46. The number of benzene rings is 1. The van der Waals surface area contributed by atoms with E-state index in [2.05, 4.69) is 34.8 Å². The summed E-state index contributed by atoms with van der Waals surface area (Å²) in [6.45, 7) is 1.70. The Bertz CT molecular complexity index is 1900. The number of rotatable bonds is 19. The molecule has 2 aromatic heterocycles. The van der Waals surface area contributed by atoms with Gasteiger partial charge in [0.1, 0.15) is 42.0 Å². The van der Waals surface area contributed by atoms with Crippen LogP contribution in [0.25, 0.3) is 11.2 Å². The summed E-state index contributed by atoms with van der Waals surface area (Å²) >= 11 is 1.19. The van der Waals surface area contributed by atoms with E-state index in [0.29, 0.717) is 5.56 Å². The molecule has 53 heavy (non-hydrogen) atoms. The molecule has 0 unspecified atom stereocenters. The van der Waals surface area contributed by atoms with Crippen molar-refractivity contribution in [3.05, 3.63) is 42.5 Å². The minimum Gasteiger partial charge on any atom is -0.508 e. The first-order chi connectivity index (χ1) is 24.8. The van der Waals surface area contributed by atoms with Gasteiger partial charge in [0.05, 0.1) is 18.7 Å². The molecule has 3 aromatic rings. The molecular formula is C29H43N8O13PS2. The van der Waals surface area contributed by atoms with Crippen molar-refractivity contribution in [1.29, 1.82) is 0 Å². The van der Waals surface area contributed by atoms with Gasteiger partial charge in [0.25, 0.3) is 0 Å². The van der Waals surface area contributed by atoms with Gasteiger partial charge in [-0.3, -0.25) is 18.7 Å². The number of phosphoric ester groups is 1. The number of aliphatic hydroxyl groups is 3. The van der Waals surface area contributed by atoms with Gasteiger partial charge in [0.2, 0.25) is 21.8 Å². The number of carbonyl (C=O) groups is 2. The van der Waals surface area contributed by atoms with Gasteiger partial charge in [0.15, 0.2) is 17.7 Å². The number of nitrogens with two attached hydrogens (primary N) is 1. The van der Waals surface area contributed by atoms with Crippen LogP contribution in [0.4, 0.5) is 5.82 Å². The number of aromatic nitrogens is 4.